The van der Waals surface area contributed by atoms with E-state index in [0.717, 1.165) is 4.31 Å². The van der Waals surface area contributed by atoms with Gasteiger partial charge in [0, 0.05) is 39.1 Å². The average molecular weight is 392 g/mol. The Bertz CT molecular complexity index is 911. The smallest absolute Gasteiger partial charge is 0.337 e. The Morgan fingerprint density at radius 2 is 2.04 bits per heavy atom. The van der Waals surface area contributed by atoms with Gasteiger partial charge in [-0.05, 0) is 18.2 Å². The summed E-state index contributed by atoms with van der Waals surface area (Å²) in [5, 5.41) is 3.02. The highest BCUT2D eigenvalue weighted by Gasteiger charge is 2.42. The van der Waals surface area contributed by atoms with Crippen LogP contribution in [-0.4, -0.2) is 41.9 Å². The van der Waals surface area contributed by atoms with Crippen LogP contribution >= 0.6 is 0 Å². The van der Waals surface area contributed by atoms with Crippen LogP contribution in [0.5, 0.6) is 0 Å². The van der Waals surface area contributed by atoms with Crippen LogP contribution < -0.4 is 5.32 Å². The number of aryl methyl sites for hydroxylation is 1. The lowest BCUT2D eigenvalue weighted by molar-refractivity contribution is -0.140. The molecule has 6 nitrogen and oxygen atoms in total. The lowest BCUT2D eigenvalue weighted by Gasteiger charge is -2.35. The van der Waals surface area contributed by atoms with E-state index >= 15 is 0 Å². The van der Waals surface area contributed by atoms with Crippen molar-refractivity contribution in [1.82, 2.24) is 19.2 Å². The van der Waals surface area contributed by atoms with Gasteiger partial charge in [0.2, 0.25) is 10.0 Å². The van der Waals surface area contributed by atoms with Crippen LogP contribution in [0.2, 0.25) is 0 Å². The van der Waals surface area contributed by atoms with Crippen molar-refractivity contribution in [2.75, 3.05) is 19.6 Å². The lowest BCUT2D eigenvalue weighted by atomic mass is 10.2. The predicted octanol–water partition coefficient (Wildman–Crippen LogP) is 1.91. The van der Waals surface area contributed by atoms with Gasteiger partial charge in [0.25, 0.3) is 0 Å². The molecule has 0 bridgehead atoms. The Hall–Kier alpha value is -1.98. The maximum atomic E-state index is 13.3. The van der Waals surface area contributed by atoms with Gasteiger partial charge in [-0.2, -0.15) is 17.5 Å². The maximum Gasteiger partial charge on any atom is 0.417 e. The standard InChI is InChI=1S/C15H16F4N4O2S/c1-22-6-5-21-14(22)12-9-20-4-7-23(12)26(24,25)13-3-2-10(16)8-11(13)15(17,18)19/h2-3,5-6,8,12,20H,4,7,9H2,1H3. The van der Waals surface area contributed by atoms with E-state index in [9.17, 15) is 26.0 Å². The third-order valence-electron chi connectivity index (χ3n) is 4.18. The minimum Gasteiger partial charge on any atom is -0.337 e. The predicted molar refractivity (Wildman–Crippen MR) is 84.1 cm³/mol. The van der Waals surface area contributed by atoms with Gasteiger partial charge in [-0.25, -0.2) is 17.8 Å². The summed E-state index contributed by atoms with van der Waals surface area (Å²) in [4.78, 5) is 3.15. The van der Waals surface area contributed by atoms with Gasteiger partial charge in [-0.15, -0.1) is 0 Å². The highest BCUT2D eigenvalue weighted by molar-refractivity contribution is 7.89. The van der Waals surface area contributed by atoms with Crippen LogP contribution in [0.4, 0.5) is 17.6 Å². The third kappa shape index (κ3) is 3.33. The third-order valence-corrected chi connectivity index (χ3v) is 6.15. The average Bonchev–Trinajstić information content (AvgIpc) is 2.99. The fraction of sp³-hybridized carbons (Fsp3) is 0.400. The highest BCUT2D eigenvalue weighted by atomic mass is 32.2. The molecule has 1 saturated heterocycles. The van der Waals surface area contributed by atoms with Gasteiger partial charge in [0.1, 0.15) is 11.6 Å². The first kappa shape index (κ1) is 18.8. The van der Waals surface area contributed by atoms with Crippen LogP contribution in [0.1, 0.15) is 17.4 Å². The number of halogens is 4. The van der Waals surface area contributed by atoms with E-state index in [4.69, 9.17) is 0 Å². The van der Waals surface area contributed by atoms with E-state index in [0.29, 0.717) is 18.0 Å². The Labute approximate surface area is 147 Å². The van der Waals surface area contributed by atoms with Crippen molar-refractivity contribution >= 4 is 10.0 Å². The molecule has 1 atom stereocenters. The zero-order chi connectivity index (χ0) is 19.1. The molecule has 0 saturated carbocycles. The van der Waals surface area contributed by atoms with E-state index in [1.807, 2.05) is 0 Å². The number of imidazole rings is 1. The van der Waals surface area contributed by atoms with Crippen molar-refractivity contribution in [3.8, 4) is 0 Å². The van der Waals surface area contributed by atoms with Gasteiger partial charge in [-0.1, -0.05) is 0 Å². The second-order valence-electron chi connectivity index (χ2n) is 5.87. The monoisotopic (exact) mass is 392 g/mol. The second-order valence-corrected chi connectivity index (χ2v) is 7.73. The van der Waals surface area contributed by atoms with Crippen LogP contribution in [0.25, 0.3) is 0 Å². The highest BCUT2D eigenvalue weighted by Crippen LogP contribution is 2.37. The molecule has 26 heavy (non-hydrogen) atoms. The molecule has 0 aliphatic carbocycles. The number of benzene rings is 1. The van der Waals surface area contributed by atoms with Crippen molar-refractivity contribution in [1.29, 1.82) is 0 Å². The molecular weight excluding hydrogens is 376 g/mol. The van der Waals surface area contributed by atoms with E-state index < -0.39 is 38.5 Å². The minimum absolute atomic E-state index is 0.0332. The molecule has 142 valence electrons. The molecule has 1 aromatic carbocycles. The maximum absolute atomic E-state index is 13.3. The molecule has 1 aliphatic rings. The fourth-order valence-electron chi connectivity index (χ4n) is 2.97. The van der Waals surface area contributed by atoms with Crippen molar-refractivity contribution in [3.05, 3.63) is 47.8 Å². The van der Waals surface area contributed by atoms with Gasteiger partial charge in [0.15, 0.2) is 0 Å². The molecule has 1 fully saturated rings. The summed E-state index contributed by atoms with van der Waals surface area (Å²) in [5.41, 5.74) is -1.52. The number of rotatable bonds is 3. The number of hydrogen-bond acceptors (Lipinski definition) is 4. The van der Waals surface area contributed by atoms with E-state index in [1.165, 1.54) is 6.20 Å². The van der Waals surface area contributed by atoms with E-state index in [1.54, 1.807) is 17.8 Å². The molecule has 2 heterocycles. The summed E-state index contributed by atoms with van der Waals surface area (Å²) in [7, 11) is -2.86. The zero-order valence-electron chi connectivity index (χ0n) is 13.7. The molecule has 0 spiro atoms. The molecule has 1 aliphatic heterocycles. The SMILES string of the molecule is Cn1ccnc1C1CNCCN1S(=O)(=O)c1ccc(F)cc1C(F)(F)F. The molecule has 0 radical (unpaired) electrons. The summed E-state index contributed by atoms with van der Waals surface area (Å²) in [5.74, 6) is -0.756. The van der Waals surface area contributed by atoms with Gasteiger partial charge >= 0.3 is 6.18 Å². The molecule has 1 N–H and O–H groups in total. The Morgan fingerprint density at radius 1 is 1.31 bits per heavy atom. The number of nitrogens with zero attached hydrogens (tertiary/aromatic N) is 3. The summed E-state index contributed by atoms with van der Waals surface area (Å²) >= 11 is 0. The Balaban J connectivity index is 2.11. The number of piperazine rings is 1. The zero-order valence-corrected chi connectivity index (χ0v) is 14.5. The number of alkyl halides is 3. The topological polar surface area (TPSA) is 67.2 Å². The lowest BCUT2D eigenvalue weighted by Crippen LogP contribution is -2.49. The number of sulfonamides is 1. The van der Waals surface area contributed by atoms with Crippen LogP contribution in [0.15, 0.2) is 35.5 Å². The number of hydrogen-bond donors (Lipinski definition) is 1. The summed E-state index contributed by atoms with van der Waals surface area (Å²) < 4.78 is 81.8. The molecule has 2 aromatic rings. The molecule has 1 aromatic heterocycles. The quantitative estimate of drug-likeness (QED) is 0.811. The number of nitrogens with one attached hydrogen (secondary N) is 1. The Kier molecular flexibility index (Phi) is 4.80. The van der Waals surface area contributed by atoms with Crippen LogP contribution in [0, 0.1) is 5.82 Å². The van der Waals surface area contributed by atoms with Crippen molar-refractivity contribution in [3.63, 3.8) is 0 Å². The first-order valence-corrected chi connectivity index (χ1v) is 9.13. The van der Waals surface area contributed by atoms with Crippen molar-refractivity contribution in [2.45, 2.75) is 17.1 Å². The molecule has 3 rings (SSSR count). The van der Waals surface area contributed by atoms with Gasteiger partial charge < -0.3 is 9.88 Å². The second kappa shape index (κ2) is 6.63. The van der Waals surface area contributed by atoms with E-state index in [2.05, 4.69) is 10.3 Å². The van der Waals surface area contributed by atoms with Crippen LogP contribution in [-0.2, 0) is 23.2 Å². The summed E-state index contributed by atoms with van der Waals surface area (Å²) in [6.45, 7) is 0.448. The molecular formula is C15H16F4N4O2S. The van der Waals surface area contributed by atoms with Crippen molar-refractivity contribution < 1.29 is 26.0 Å². The summed E-state index contributed by atoms with van der Waals surface area (Å²) in [6, 6.07) is 0.788. The normalized spacial score (nSPS) is 19.7. The van der Waals surface area contributed by atoms with Crippen molar-refractivity contribution in [2.24, 2.45) is 7.05 Å². The largest absolute Gasteiger partial charge is 0.417 e. The fourth-order valence-corrected chi connectivity index (χ4v) is 4.75. The summed E-state index contributed by atoms with van der Waals surface area (Å²) in [6.07, 6.45) is -1.90. The van der Waals surface area contributed by atoms with Gasteiger partial charge in [-0.3, -0.25) is 0 Å². The number of aromatic nitrogens is 2. The molecule has 0 amide bonds. The Morgan fingerprint density at radius 3 is 2.65 bits per heavy atom. The van der Waals surface area contributed by atoms with E-state index in [-0.39, 0.29) is 25.7 Å². The van der Waals surface area contributed by atoms with Crippen LogP contribution in [0.3, 0.4) is 0 Å². The van der Waals surface area contributed by atoms with Gasteiger partial charge in [0.05, 0.1) is 16.5 Å². The minimum atomic E-state index is -5.00. The first-order valence-electron chi connectivity index (χ1n) is 7.69. The molecule has 1 unspecified atom stereocenters. The first-order chi connectivity index (χ1) is 12.1. The molecule has 11 heteroatoms.